The normalized spacial score (nSPS) is 15.0. The van der Waals surface area contributed by atoms with Crippen LogP contribution in [0.2, 0.25) is 0 Å². The number of fused-ring (bicyclic) bond motifs is 1. The lowest BCUT2D eigenvalue weighted by Gasteiger charge is -2.29. The fourth-order valence-electron chi connectivity index (χ4n) is 4.30. The van der Waals surface area contributed by atoms with Crippen LogP contribution in [0, 0.1) is 26.1 Å². The summed E-state index contributed by atoms with van der Waals surface area (Å²) in [6.45, 7) is 2.69. The van der Waals surface area contributed by atoms with E-state index in [2.05, 4.69) is 22.4 Å². The predicted molar refractivity (Wildman–Crippen MR) is 158 cm³/mol. The van der Waals surface area contributed by atoms with E-state index in [4.69, 9.17) is 0 Å². The number of nitro benzene ring substituents is 2. The quantitative estimate of drug-likeness (QED) is 0.133. The highest BCUT2D eigenvalue weighted by Crippen LogP contribution is 2.39. The van der Waals surface area contributed by atoms with Gasteiger partial charge in [-0.1, -0.05) is 36.9 Å². The Balaban J connectivity index is 1.38. The standard InChI is InChI=1S/C26H24N6O6S3/c1-17-10-12-30(13-11-17)41(37,38)25-15-19(31(33)34)7-8-21(25)29-27-16-18-6-9-24(22(14-18)32(35)36)40-26-28-20-4-2-3-5-23(20)39-26/h2-9,14-17,29H,10-13H2,1H3/b27-16-. The molecule has 4 aromatic rings. The van der Waals surface area contributed by atoms with E-state index in [1.165, 1.54) is 51.8 Å². The van der Waals surface area contributed by atoms with Gasteiger partial charge in [0.15, 0.2) is 4.34 Å². The average molecular weight is 613 g/mol. The van der Waals surface area contributed by atoms with Crippen LogP contribution in [0.3, 0.4) is 0 Å². The third kappa shape index (κ3) is 6.37. The van der Waals surface area contributed by atoms with Gasteiger partial charge in [0.1, 0.15) is 4.90 Å². The molecule has 12 nitrogen and oxygen atoms in total. The first-order valence-corrected chi connectivity index (χ1v) is 15.6. The van der Waals surface area contributed by atoms with Crippen LogP contribution >= 0.6 is 23.1 Å². The minimum absolute atomic E-state index is 0.0583. The number of para-hydroxylation sites is 1. The van der Waals surface area contributed by atoms with Crippen LogP contribution in [0.4, 0.5) is 17.1 Å². The molecule has 3 aromatic carbocycles. The summed E-state index contributed by atoms with van der Waals surface area (Å²) < 4.78 is 29.8. The number of nitrogens with zero attached hydrogens (tertiary/aromatic N) is 5. The molecule has 1 aliphatic heterocycles. The van der Waals surface area contributed by atoms with Gasteiger partial charge in [-0.3, -0.25) is 25.7 Å². The smallest absolute Gasteiger partial charge is 0.277 e. The second kappa shape index (κ2) is 11.9. The summed E-state index contributed by atoms with van der Waals surface area (Å²) in [5, 5.41) is 27.3. The van der Waals surface area contributed by atoms with Crippen LogP contribution in [0.1, 0.15) is 25.3 Å². The van der Waals surface area contributed by atoms with Crippen molar-refractivity contribution in [3.63, 3.8) is 0 Å². The van der Waals surface area contributed by atoms with Gasteiger partial charge < -0.3 is 0 Å². The van der Waals surface area contributed by atoms with E-state index in [9.17, 15) is 28.6 Å². The number of nitro groups is 2. The number of rotatable bonds is 9. The van der Waals surface area contributed by atoms with Crippen LogP contribution in [-0.4, -0.2) is 46.9 Å². The Morgan fingerprint density at radius 1 is 1.07 bits per heavy atom. The molecule has 41 heavy (non-hydrogen) atoms. The van der Waals surface area contributed by atoms with Crippen molar-refractivity contribution >= 4 is 66.6 Å². The molecule has 0 bridgehead atoms. The number of aromatic nitrogens is 1. The number of piperidine rings is 1. The zero-order valence-electron chi connectivity index (χ0n) is 21.7. The molecule has 0 amide bonds. The second-order valence-corrected chi connectivity index (χ2v) is 13.7. The van der Waals surface area contributed by atoms with Gasteiger partial charge in [0.25, 0.3) is 11.4 Å². The molecule has 1 aromatic heterocycles. The molecule has 0 atom stereocenters. The third-order valence-corrected chi connectivity index (χ3v) is 10.7. The first kappa shape index (κ1) is 28.6. The molecule has 0 aliphatic carbocycles. The van der Waals surface area contributed by atoms with Crippen molar-refractivity contribution in [1.82, 2.24) is 9.29 Å². The van der Waals surface area contributed by atoms with E-state index < -0.39 is 19.9 Å². The highest BCUT2D eigenvalue weighted by molar-refractivity contribution is 8.01. The predicted octanol–water partition coefficient (Wildman–Crippen LogP) is 6.13. The minimum Gasteiger partial charge on any atom is -0.277 e. The van der Waals surface area contributed by atoms with Gasteiger partial charge in [-0.2, -0.15) is 9.41 Å². The number of hydrogen-bond donors (Lipinski definition) is 1. The molecule has 1 fully saturated rings. The number of benzene rings is 3. The van der Waals surface area contributed by atoms with Crippen molar-refractivity contribution in [3.8, 4) is 0 Å². The Kier molecular flexibility index (Phi) is 8.30. The number of nitrogens with one attached hydrogen (secondary N) is 1. The molecule has 0 unspecified atom stereocenters. The highest BCUT2D eigenvalue weighted by Gasteiger charge is 2.31. The first-order valence-electron chi connectivity index (χ1n) is 12.5. The van der Waals surface area contributed by atoms with Crippen LogP contribution < -0.4 is 5.43 Å². The van der Waals surface area contributed by atoms with E-state index in [-0.39, 0.29) is 22.0 Å². The highest BCUT2D eigenvalue weighted by atomic mass is 32.2. The maximum atomic E-state index is 13.4. The van der Waals surface area contributed by atoms with Gasteiger partial charge in [0, 0.05) is 36.9 Å². The number of thiazole rings is 1. The monoisotopic (exact) mass is 612 g/mol. The second-order valence-electron chi connectivity index (χ2n) is 9.43. The molecule has 1 N–H and O–H groups in total. The fourth-order valence-corrected chi connectivity index (χ4v) is 8.04. The lowest BCUT2D eigenvalue weighted by molar-refractivity contribution is -0.387. The van der Waals surface area contributed by atoms with Gasteiger partial charge in [-0.15, -0.1) is 11.3 Å². The number of non-ortho nitro benzene ring substituents is 1. The summed E-state index contributed by atoms with van der Waals surface area (Å²) >= 11 is 2.64. The summed E-state index contributed by atoms with van der Waals surface area (Å²) in [5.74, 6) is 0.392. The SMILES string of the molecule is CC1CCN(S(=O)(=O)c2cc([N+](=O)[O-])ccc2N/N=C\c2ccc(Sc3nc4ccccc4s3)c([N+](=O)[O-])c2)CC1. The number of hydrazone groups is 1. The van der Waals surface area contributed by atoms with Gasteiger partial charge in [-0.05, 0) is 43.0 Å². The van der Waals surface area contributed by atoms with Crippen molar-refractivity contribution in [1.29, 1.82) is 0 Å². The minimum atomic E-state index is -4.03. The van der Waals surface area contributed by atoms with Crippen LogP contribution in [0.5, 0.6) is 0 Å². The van der Waals surface area contributed by atoms with Gasteiger partial charge in [-0.25, -0.2) is 13.4 Å². The van der Waals surface area contributed by atoms with Gasteiger partial charge in [0.2, 0.25) is 10.0 Å². The van der Waals surface area contributed by atoms with E-state index in [0.29, 0.717) is 46.6 Å². The molecule has 15 heteroatoms. The summed E-state index contributed by atoms with van der Waals surface area (Å²) in [6, 6.07) is 15.7. The van der Waals surface area contributed by atoms with Crippen molar-refractivity contribution in [2.45, 2.75) is 33.9 Å². The van der Waals surface area contributed by atoms with E-state index >= 15 is 0 Å². The summed E-state index contributed by atoms with van der Waals surface area (Å²) in [7, 11) is -4.03. The number of hydrogen-bond acceptors (Lipinski definition) is 11. The Morgan fingerprint density at radius 2 is 1.83 bits per heavy atom. The van der Waals surface area contributed by atoms with Gasteiger partial charge in [0.05, 0.1) is 36.9 Å². The van der Waals surface area contributed by atoms with Crippen molar-refractivity contribution in [3.05, 3.63) is 86.5 Å². The Bertz CT molecular complexity index is 1730. The lowest BCUT2D eigenvalue weighted by Crippen LogP contribution is -2.38. The Labute approximate surface area is 243 Å². The Hall–Kier alpha value is -3.92. The summed E-state index contributed by atoms with van der Waals surface area (Å²) in [5.41, 5.74) is 3.44. The molecule has 1 aliphatic rings. The topological polar surface area (TPSA) is 161 Å². The molecule has 2 heterocycles. The molecular weight excluding hydrogens is 589 g/mol. The molecule has 1 saturated heterocycles. The lowest BCUT2D eigenvalue weighted by atomic mass is 10.0. The summed E-state index contributed by atoms with van der Waals surface area (Å²) in [4.78, 5) is 26.7. The van der Waals surface area contributed by atoms with Crippen molar-refractivity contribution in [2.24, 2.45) is 11.0 Å². The van der Waals surface area contributed by atoms with Gasteiger partial charge >= 0.3 is 0 Å². The maximum absolute atomic E-state index is 13.4. The molecule has 0 saturated carbocycles. The molecule has 0 spiro atoms. The molecule has 0 radical (unpaired) electrons. The fraction of sp³-hybridized carbons (Fsp3) is 0.231. The van der Waals surface area contributed by atoms with E-state index in [0.717, 1.165) is 16.3 Å². The average Bonchev–Trinajstić information content (AvgIpc) is 3.36. The third-order valence-electron chi connectivity index (χ3n) is 6.59. The largest absolute Gasteiger partial charge is 0.283 e. The maximum Gasteiger partial charge on any atom is 0.283 e. The van der Waals surface area contributed by atoms with Crippen LogP contribution in [0.25, 0.3) is 10.2 Å². The zero-order chi connectivity index (χ0) is 29.1. The van der Waals surface area contributed by atoms with Crippen molar-refractivity contribution < 1.29 is 18.3 Å². The molecule has 212 valence electrons. The van der Waals surface area contributed by atoms with Crippen LogP contribution in [0.15, 0.2) is 79.9 Å². The van der Waals surface area contributed by atoms with Crippen molar-refractivity contribution in [2.75, 3.05) is 18.5 Å². The zero-order valence-corrected chi connectivity index (χ0v) is 24.1. The van der Waals surface area contributed by atoms with E-state index in [1.807, 2.05) is 24.3 Å². The van der Waals surface area contributed by atoms with E-state index in [1.54, 1.807) is 12.1 Å². The molecular formula is C26H24N6O6S3. The number of anilines is 1. The molecule has 5 rings (SSSR count). The van der Waals surface area contributed by atoms with Crippen LogP contribution in [-0.2, 0) is 10.0 Å². The summed E-state index contributed by atoms with van der Waals surface area (Å²) in [6.07, 6.45) is 2.71. The Morgan fingerprint density at radius 3 is 2.54 bits per heavy atom. The first-order chi connectivity index (χ1) is 19.6. The number of sulfonamides is 1.